The lowest BCUT2D eigenvalue weighted by atomic mass is 10.0. The minimum Gasteiger partial charge on any atom is -0.293 e. The van der Waals surface area contributed by atoms with Crippen molar-refractivity contribution in [2.24, 2.45) is 0 Å². The molecule has 0 amide bonds. The second-order valence-electron chi connectivity index (χ2n) is 4.96. The molecule has 1 aromatic carbocycles. The molecule has 100 valence electrons. The Labute approximate surface area is 109 Å². The van der Waals surface area contributed by atoms with E-state index >= 15 is 0 Å². The minimum atomic E-state index is -3.40. The van der Waals surface area contributed by atoms with Gasteiger partial charge in [-0.1, -0.05) is 17.7 Å². The van der Waals surface area contributed by atoms with E-state index in [1.165, 1.54) is 6.92 Å². The molecule has 0 saturated carbocycles. The Morgan fingerprint density at radius 2 is 1.67 bits per heavy atom. The lowest BCUT2D eigenvalue weighted by Crippen LogP contribution is -2.33. The molecule has 4 heteroatoms. The molecule has 0 radical (unpaired) electrons. The molecule has 3 nitrogen and oxygen atoms in total. The van der Waals surface area contributed by atoms with Gasteiger partial charge in [-0.15, -0.1) is 0 Å². The van der Waals surface area contributed by atoms with Crippen molar-refractivity contribution in [3.05, 3.63) is 34.9 Å². The molecule has 1 atom stereocenters. The Balaban J connectivity index is 3.20. The number of carbonyl (C=O) groups excluding carboxylic acids is 1. The summed E-state index contributed by atoms with van der Waals surface area (Å²) >= 11 is 0. The monoisotopic (exact) mass is 268 g/mol. The molecular formula is C14H20O3S. The number of Topliss-reactive ketones (excluding diaryl/α,β-unsaturated/α-hetero) is 1. The third-order valence-corrected chi connectivity index (χ3v) is 5.69. The van der Waals surface area contributed by atoms with Crippen molar-refractivity contribution in [1.29, 1.82) is 0 Å². The Hall–Kier alpha value is -1.16. The van der Waals surface area contributed by atoms with Gasteiger partial charge in [-0.25, -0.2) is 8.42 Å². The number of rotatable bonds is 4. The van der Waals surface area contributed by atoms with Crippen LogP contribution in [0.1, 0.15) is 42.3 Å². The highest BCUT2D eigenvalue weighted by atomic mass is 32.2. The zero-order valence-corrected chi connectivity index (χ0v) is 12.3. The van der Waals surface area contributed by atoms with E-state index in [0.717, 1.165) is 11.1 Å². The van der Waals surface area contributed by atoms with Gasteiger partial charge in [-0.05, 0) is 46.2 Å². The van der Waals surface area contributed by atoms with Crippen LogP contribution in [0, 0.1) is 13.8 Å². The van der Waals surface area contributed by atoms with Crippen LogP contribution in [-0.4, -0.2) is 24.7 Å². The molecule has 0 saturated heterocycles. The van der Waals surface area contributed by atoms with Gasteiger partial charge < -0.3 is 0 Å². The summed E-state index contributed by atoms with van der Waals surface area (Å²) in [4.78, 5) is 12.3. The SMILES string of the molecule is Cc1ccc(C)c(C(=O)C(C)S(=O)(=O)C(C)C)c1. The predicted octanol–water partition coefficient (Wildman–Crippen LogP) is 2.70. The summed E-state index contributed by atoms with van der Waals surface area (Å²) in [6.07, 6.45) is 0. The molecule has 0 heterocycles. The number of hydrogen-bond donors (Lipinski definition) is 0. The third-order valence-electron chi connectivity index (χ3n) is 3.18. The second kappa shape index (κ2) is 5.22. The fourth-order valence-electron chi connectivity index (χ4n) is 1.78. The molecule has 0 N–H and O–H groups in total. The van der Waals surface area contributed by atoms with E-state index in [9.17, 15) is 13.2 Å². The first-order chi connectivity index (χ1) is 8.17. The van der Waals surface area contributed by atoms with Gasteiger partial charge in [0.05, 0.1) is 5.25 Å². The first kappa shape index (κ1) is 14.9. The maximum absolute atomic E-state index is 12.3. The molecule has 18 heavy (non-hydrogen) atoms. The Kier molecular flexibility index (Phi) is 4.32. The van der Waals surface area contributed by atoms with E-state index in [-0.39, 0.29) is 5.78 Å². The first-order valence-corrected chi connectivity index (χ1v) is 7.63. The average molecular weight is 268 g/mol. The molecule has 0 aliphatic heterocycles. The number of aryl methyl sites for hydroxylation is 2. The van der Waals surface area contributed by atoms with E-state index in [0.29, 0.717) is 5.56 Å². The van der Waals surface area contributed by atoms with Crippen LogP contribution in [0.3, 0.4) is 0 Å². The fraction of sp³-hybridized carbons (Fsp3) is 0.500. The number of benzene rings is 1. The summed E-state index contributed by atoms with van der Waals surface area (Å²) in [7, 11) is -3.40. The molecule has 0 fully saturated rings. The highest BCUT2D eigenvalue weighted by molar-refractivity contribution is 7.93. The molecule has 0 aliphatic rings. The van der Waals surface area contributed by atoms with E-state index in [2.05, 4.69) is 0 Å². The van der Waals surface area contributed by atoms with E-state index in [1.54, 1.807) is 19.9 Å². The maximum atomic E-state index is 12.3. The molecular weight excluding hydrogens is 248 g/mol. The van der Waals surface area contributed by atoms with E-state index in [1.807, 2.05) is 26.0 Å². The highest BCUT2D eigenvalue weighted by Gasteiger charge is 2.31. The van der Waals surface area contributed by atoms with Crippen LogP contribution in [0.5, 0.6) is 0 Å². The standard InChI is InChI=1S/C14H20O3S/c1-9(2)18(16,17)12(5)14(15)13-8-10(3)6-7-11(13)4/h6-9,12H,1-5H3. The average Bonchev–Trinajstić information content (AvgIpc) is 2.30. The summed E-state index contributed by atoms with van der Waals surface area (Å²) < 4.78 is 24.0. The summed E-state index contributed by atoms with van der Waals surface area (Å²) in [6, 6.07) is 5.51. The van der Waals surface area contributed by atoms with Crippen LogP contribution < -0.4 is 0 Å². The number of hydrogen-bond acceptors (Lipinski definition) is 3. The topological polar surface area (TPSA) is 51.2 Å². The van der Waals surface area contributed by atoms with Crippen LogP contribution in [0.15, 0.2) is 18.2 Å². The zero-order chi connectivity index (χ0) is 14.1. The Bertz CT molecular complexity index is 556. The van der Waals surface area contributed by atoms with Gasteiger partial charge in [0.25, 0.3) is 0 Å². The Morgan fingerprint density at radius 3 is 2.17 bits per heavy atom. The summed E-state index contributed by atoms with van der Waals surface area (Å²) in [5.41, 5.74) is 2.28. The Morgan fingerprint density at radius 1 is 1.11 bits per heavy atom. The van der Waals surface area contributed by atoms with Crippen molar-refractivity contribution in [3.8, 4) is 0 Å². The lowest BCUT2D eigenvalue weighted by molar-refractivity contribution is 0.0990. The maximum Gasteiger partial charge on any atom is 0.180 e. The number of sulfone groups is 1. The smallest absolute Gasteiger partial charge is 0.180 e. The quantitative estimate of drug-likeness (QED) is 0.789. The molecule has 0 aliphatic carbocycles. The van der Waals surface area contributed by atoms with Gasteiger partial charge in [0.2, 0.25) is 0 Å². The minimum absolute atomic E-state index is 0.315. The van der Waals surface area contributed by atoms with Crippen LogP contribution in [0.4, 0.5) is 0 Å². The number of carbonyl (C=O) groups is 1. The van der Waals surface area contributed by atoms with Gasteiger partial charge in [0, 0.05) is 5.56 Å². The first-order valence-electron chi connectivity index (χ1n) is 6.02. The lowest BCUT2D eigenvalue weighted by Gasteiger charge is -2.16. The van der Waals surface area contributed by atoms with Crippen molar-refractivity contribution in [3.63, 3.8) is 0 Å². The largest absolute Gasteiger partial charge is 0.293 e. The normalized spacial score (nSPS) is 13.7. The fourth-order valence-corrected chi connectivity index (χ4v) is 3.02. The van der Waals surface area contributed by atoms with Gasteiger partial charge >= 0.3 is 0 Å². The summed E-state index contributed by atoms with van der Waals surface area (Å²) in [5, 5.41) is -1.53. The van der Waals surface area contributed by atoms with Crippen molar-refractivity contribution in [2.75, 3.05) is 0 Å². The third kappa shape index (κ3) is 2.80. The molecule has 0 spiro atoms. The number of ketones is 1. The van der Waals surface area contributed by atoms with Crippen LogP contribution >= 0.6 is 0 Å². The van der Waals surface area contributed by atoms with Crippen LogP contribution in [-0.2, 0) is 9.84 Å². The van der Waals surface area contributed by atoms with Gasteiger partial charge in [0.1, 0.15) is 5.25 Å². The van der Waals surface area contributed by atoms with Crippen LogP contribution in [0.25, 0.3) is 0 Å². The second-order valence-corrected chi connectivity index (χ2v) is 7.79. The molecule has 1 unspecified atom stereocenters. The molecule has 1 aromatic rings. The summed E-state index contributed by atoms with van der Waals surface area (Å²) in [5.74, 6) is -0.315. The van der Waals surface area contributed by atoms with Crippen molar-refractivity contribution in [2.45, 2.75) is 45.1 Å². The van der Waals surface area contributed by atoms with E-state index < -0.39 is 20.3 Å². The van der Waals surface area contributed by atoms with Crippen molar-refractivity contribution >= 4 is 15.6 Å². The van der Waals surface area contributed by atoms with Crippen molar-refractivity contribution in [1.82, 2.24) is 0 Å². The van der Waals surface area contributed by atoms with Gasteiger partial charge in [0.15, 0.2) is 15.6 Å². The van der Waals surface area contributed by atoms with Gasteiger partial charge in [-0.3, -0.25) is 4.79 Å². The summed E-state index contributed by atoms with van der Waals surface area (Å²) in [6.45, 7) is 8.38. The molecule has 0 aromatic heterocycles. The van der Waals surface area contributed by atoms with Gasteiger partial charge in [-0.2, -0.15) is 0 Å². The van der Waals surface area contributed by atoms with E-state index in [4.69, 9.17) is 0 Å². The zero-order valence-electron chi connectivity index (χ0n) is 11.5. The molecule has 0 bridgehead atoms. The van der Waals surface area contributed by atoms with Crippen LogP contribution in [0.2, 0.25) is 0 Å². The predicted molar refractivity (Wildman–Crippen MR) is 73.8 cm³/mol. The van der Waals surface area contributed by atoms with Crippen molar-refractivity contribution < 1.29 is 13.2 Å². The highest BCUT2D eigenvalue weighted by Crippen LogP contribution is 2.18. The molecule has 1 rings (SSSR count).